The summed E-state index contributed by atoms with van der Waals surface area (Å²) in [4.78, 5) is 8.67. The van der Waals surface area contributed by atoms with Crippen molar-refractivity contribution in [2.75, 3.05) is 25.0 Å². The van der Waals surface area contributed by atoms with Gasteiger partial charge in [-0.2, -0.15) is 0 Å². The molecule has 1 heterocycles. The monoisotopic (exact) mass is 457 g/mol. The van der Waals surface area contributed by atoms with E-state index in [9.17, 15) is 0 Å². The van der Waals surface area contributed by atoms with Crippen LogP contribution in [0.15, 0.2) is 17.3 Å². The standard InChI is InChI=1S/C14H21Cl2N5.HI/c1-3-17-14(21-12-6-9(12)2)19-5-4-18-13-11(16)7-10(15)8-20-13;/h7-9,12H,3-6H2,1-2H3,(H,18,20)(H2,17,19,21);1H. The summed E-state index contributed by atoms with van der Waals surface area (Å²) in [6.45, 7) is 6.44. The van der Waals surface area contributed by atoms with Crippen molar-refractivity contribution in [1.82, 2.24) is 15.6 Å². The fourth-order valence-electron chi connectivity index (χ4n) is 1.91. The van der Waals surface area contributed by atoms with E-state index in [2.05, 4.69) is 39.8 Å². The van der Waals surface area contributed by atoms with Crippen LogP contribution >= 0.6 is 47.2 Å². The molecule has 8 heteroatoms. The van der Waals surface area contributed by atoms with Gasteiger partial charge in [-0.3, -0.25) is 4.99 Å². The van der Waals surface area contributed by atoms with Crippen molar-refractivity contribution in [2.24, 2.45) is 10.9 Å². The lowest BCUT2D eigenvalue weighted by atomic mass is 10.4. The largest absolute Gasteiger partial charge is 0.367 e. The third-order valence-corrected chi connectivity index (χ3v) is 3.75. The van der Waals surface area contributed by atoms with E-state index >= 15 is 0 Å². The molecule has 124 valence electrons. The Morgan fingerprint density at radius 1 is 1.45 bits per heavy atom. The van der Waals surface area contributed by atoms with E-state index in [0.29, 0.717) is 35.0 Å². The fourth-order valence-corrected chi connectivity index (χ4v) is 2.35. The molecule has 1 saturated carbocycles. The van der Waals surface area contributed by atoms with Gasteiger partial charge in [0.15, 0.2) is 5.96 Å². The number of halogens is 3. The van der Waals surface area contributed by atoms with E-state index in [1.165, 1.54) is 6.42 Å². The Kier molecular flexibility index (Phi) is 8.56. The maximum Gasteiger partial charge on any atom is 0.191 e. The fraction of sp³-hybridized carbons (Fsp3) is 0.571. The van der Waals surface area contributed by atoms with Gasteiger partial charge in [-0.05, 0) is 25.3 Å². The number of guanidine groups is 1. The van der Waals surface area contributed by atoms with E-state index in [4.69, 9.17) is 23.2 Å². The van der Waals surface area contributed by atoms with Crippen LogP contribution in [0.2, 0.25) is 10.0 Å². The molecule has 0 saturated heterocycles. The van der Waals surface area contributed by atoms with Crippen molar-refractivity contribution < 1.29 is 0 Å². The number of aromatic nitrogens is 1. The maximum atomic E-state index is 6.04. The van der Waals surface area contributed by atoms with Gasteiger partial charge >= 0.3 is 0 Å². The summed E-state index contributed by atoms with van der Waals surface area (Å²) in [5.74, 6) is 2.23. The molecule has 0 spiro atoms. The third-order valence-electron chi connectivity index (χ3n) is 3.26. The van der Waals surface area contributed by atoms with E-state index in [1.807, 2.05) is 0 Å². The van der Waals surface area contributed by atoms with Crippen molar-refractivity contribution in [3.8, 4) is 0 Å². The molecular formula is C14H22Cl2IN5. The highest BCUT2D eigenvalue weighted by atomic mass is 127. The van der Waals surface area contributed by atoms with Crippen LogP contribution in [0.25, 0.3) is 0 Å². The Hall–Kier alpha value is -0.470. The highest BCUT2D eigenvalue weighted by molar-refractivity contribution is 14.0. The molecule has 0 aliphatic heterocycles. The SMILES string of the molecule is CCNC(=NCCNc1ncc(Cl)cc1Cl)NC1CC1C.I. The zero-order valence-corrected chi connectivity index (χ0v) is 16.5. The molecule has 1 aromatic rings. The Bertz CT molecular complexity index is 512. The van der Waals surface area contributed by atoms with Gasteiger partial charge in [-0.1, -0.05) is 30.1 Å². The highest BCUT2D eigenvalue weighted by Gasteiger charge is 2.33. The van der Waals surface area contributed by atoms with Gasteiger partial charge in [0.25, 0.3) is 0 Å². The average Bonchev–Trinajstić information content (AvgIpc) is 3.12. The van der Waals surface area contributed by atoms with Crippen LogP contribution in [0, 0.1) is 5.92 Å². The summed E-state index contributed by atoms with van der Waals surface area (Å²) in [7, 11) is 0. The molecule has 1 aliphatic carbocycles. The van der Waals surface area contributed by atoms with Crippen LogP contribution in [0.5, 0.6) is 0 Å². The maximum absolute atomic E-state index is 6.04. The number of anilines is 1. The molecule has 0 bridgehead atoms. The normalized spacial score (nSPS) is 20.1. The highest BCUT2D eigenvalue weighted by Crippen LogP contribution is 2.28. The number of hydrogen-bond acceptors (Lipinski definition) is 3. The third kappa shape index (κ3) is 6.34. The van der Waals surface area contributed by atoms with Crippen molar-refractivity contribution in [3.05, 3.63) is 22.3 Å². The minimum absolute atomic E-state index is 0. The van der Waals surface area contributed by atoms with Crippen LogP contribution < -0.4 is 16.0 Å². The first-order chi connectivity index (χ1) is 10.1. The van der Waals surface area contributed by atoms with Crippen LogP contribution in [0.1, 0.15) is 20.3 Å². The first-order valence-electron chi connectivity index (χ1n) is 7.20. The van der Waals surface area contributed by atoms with Crippen LogP contribution in [0.4, 0.5) is 5.82 Å². The summed E-state index contributed by atoms with van der Waals surface area (Å²) >= 11 is 11.9. The first kappa shape index (κ1) is 19.6. The zero-order chi connectivity index (χ0) is 15.2. The number of hydrogen-bond donors (Lipinski definition) is 3. The molecule has 1 aromatic heterocycles. The zero-order valence-electron chi connectivity index (χ0n) is 12.7. The Labute approximate surface area is 158 Å². The van der Waals surface area contributed by atoms with Crippen LogP contribution in [-0.2, 0) is 0 Å². The summed E-state index contributed by atoms with van der Waals surface area (Å²) in [5.41, 5.74) is 0. The summed E-state index contributed by atoms with van der Waals surface area (Å²) < 4.78 is 0. The molecule has 1 aliphatic rings. The lowest BCUT2D eigenvalue weighted by Gasteiger charge is -2.11. The molecule has 0 radical (unpaired) electrons. The Balaban J connectivity index is 0.00000242. The van der Waals surface area contributed by atoms with Gasteiger partial charge in [0, 0.05) is 25.3 Å². The second-order valence-corrected chi connectivity index (χ2v) is 5.98. The molecule has 0 amide bonds. The minimum Gasteiger partial charge on any atom is -0.367 e. The lowest BCUT2D eigenvalue weighted by molar-refractivity contribution is 0.767. The predicted octanol–water partition coefficient (Wildman–Crippen LogP) is 3.38. The van der Waals surface area contributed by atoms with E-state index in [-0.39, 0.29) is 24.0 Å². The molecule has 0 aromatic carbocycles. The molecule has 3 N–H and O–H groups in total. The summed E-state index contributed by atoms with van der Waals surface area (Å²) in [6, 6.07) is 2.23. The number of aliphatic imine (C=N–C) groups is 1. The summed E-state index contributed by atoms with van der Waals surface area (Å²) in [6.07, 6.45) is 2.78. The molecule has 22 heavy (non-hydrogen) atoms. The van der Waals surface area contributed by atoms with Gasteiger partial charge in [0.2, 0.25) is 0 Å². The quantitative estimate of drug-likeness (QED) is 0.265. The molecule has 5 nitrogen and oxygen atoms in total. The second-order valence-electron chi connectivity index (χ2n) is 5.14. The lowest BCUT2D eigenvalue weighted by Crippen LogP contribution is -2.39. The first-order valence-corrected chi connectivity index (χ1v) is 7.95. The van der Waals surface area contributed by atoms with Crippen LogP contribution in [0.3, 0.4) is 0 Å². The molecule has 1 fully saturated rings. The molecule has 2 rings (SSSR count). The predicted molar refractivity (Wildman–Crippen MR) is 105 cm³/mol. The van der Waals surface area contributed by atoms with E-state index < -0.39 is 0 Å². The van der Waals surface area contributed by atoms with Gasteiger partial charge in [0.05, 0.1) is 16.6 Å². The minimum atomic E-state index is 0. The van der Waals surface area contributed by atoms with Gasteiger partial charge in [-0.15, -0.1) is 24.0 Å². The summed E-state index contributed by atoms with van der Waals surface area (Å²) in [5, 5.41) is 10.9. The number of nitrogens with zero attached hydrogens (tertiary/aromatic N) is 2. The number of pyridine rings is 1. The molecule has 2 atom stereocenters. The average molecular weight is 458 g/mol. The van der Waals surface area contributed by atoms with Crippen molar-refractivity contribution in [3.63, 3.8) is 0 Å². The smallest absolute Gasteiger partial charge is 0.191 e. The molecular weight excluding hydrogens is 436 g/mol. The second kappa shape index (κ2) is 9.62. The number of nitrogens with one attached hydrogen (secondary N) is 3. The Morgan fingerprint density at radius 2 is 2.18 bits per heavy atom. The van der Waals surface area contributed by atoms with E-state index in [1.54, 1.807) is 12.3 Å². The van der Waals surface area contributed by atoms with Gasteiger partial charge in [-0.25, -0.2) is 4.98 Å². The van der Waals surface area contributed by atoms with Crippen molar-refractivity contribution in [2.45, 2.75) is 26.3 Å². The topological polar surface area (TPSA) is 61.3 Å². The Morgan fingerprint density at radius 3 is 2.77 bits per heavy atom. The number of rotatable bonds is 6. The van der Waals surface area contributed by atoms with Crippen LogP contribution in [-0.4, -0.2) is 36.6 Å². The van der Waals surface area contributed by atoms with Gasteiger partial charge < -0.3 is 16.0 Å². The molecule has 2 unspecified atom stereocenters. The van der Waals surface area contributed by atoms with Gasteiger partial charge in [0.1, 0.15) is 5.82 Å². The van der Waals surface area contributed by atoms with Crippen molar-refractivity contribution in [1.29, 1.82) is 0 Å². The van der Waals surface area contributed by atoms with Crippen molar-refractivity contribution >= 4 is 59.0 Å². The van der Waals surface area contributed by atoms with E-state index in [0.717, 1.165) is 18.4 Å².